The molecule has 20 heavy (non-hydrogen) atoms. The van der Waals surface area contributed by atoms with Crippen LogP contribution >= 0.6 is 0 Å². The Kier molecular flexibility index (Phi) is 4.69. The Morgan fingerprint density at radius 3 is 2.35 bits per heavy atom. The highest BCUT2D eigenvalue weighted by Crippen LogP contribution is 2.26. The zero-order valence-electron chi connectivity index (χ0n) is 11.5. The predicted octanol–water partition coefficient (Wildman–Crippen LogP) is 3.75. The second kappa shape index (κ2) is 6.48. The molecule has 0 unspecified atom stereocenters. The van der Waals surface area contributed by atoms with Crippen molar-refractivity contribution in [1.29, 1.82) is 0 Å². The molecule has 0 heterocycles. The van der Waals surface area contributed by atoms with Gasteiger partial charge in [0.2, 0.25) is 0 Å². The van der Waals surface area contributed by atoms with Gasteiger partial charge in [0.25, 0.3) is 0 Å². The highest BCUT2D eigenvalue weighted by atomic mass is 19.1. The molecule has 4 heteroatoms. The number of rotatable bonds is 5. The summed E-state index contributed by atoms with van der Waals surface area (Å²) in [5, 5.41) is 3.08. The number of nitrogens with one attached hydrogen (secondary N) is 1. The van der Waals surface area contributed by atoms with Gasteiger partial charge in [-0.2, -0.15) is 0 Å². The van der Waals surface area contributed by atoms with Gasteiger partial charge in [-0.3, -0.25) is 0 Å². The van der Waals surface area contributed by atoms with E-state index in [1.807, 2.05) is 6.92 Å². The van der Waals surface area contributed by atoms with Crippen molar-refractivity contribution >= 4 is 0 Å². The molecule has 0 amide bonds. The van der Waals surface area contributed by atoms with Crippen molar-refractivity contribution in [1.82, 2.24) is 5.32 Å². The van der Waals surface area contributed by atoms with E-state index in [1.54, 1.807) is 24.3 Å². The van der Waals surface area contributed by atoms with Gasteiger partial charge in [-0.15, -0.1) is 0 Å². The van der Waals surface area contributed by atoms with Gasteiger partial charge < -0.3 is 10.1 Å². The summed E-state index contributed by atoms with van der Waals surface area (Å²) in [5.41, 5.74) is 2.04. The lowest BCUT2D eigenvalue weighted by molar-refractivity contribution is 0.386. The Morgan fingerprint density at radius 1 is 1.00 bits per heavy atom. The van der Waals surface area contributed by atoms with Gasteiger partial charge in [0.1, 0.15) is 5.82 Å². The van der Waals surface area contributed by atoms with Crippen LogP contribution in [0.3, 0.4) is 0 Å². The molecule has 0 saturated heterocycles. The second-order valence-corrected chi connectivity index (χ2v) is 4.44. The molecule has 2 aromatic carbocycles. The van der Waals surface area contributed by atoms with Crippen LogP contribution in [0.15, 0.2) is 36.4 Å². The van der Waals surface area contributed by atoms with Crippen LogP contribution in [-0.4, -0.2) is 13.7 Å². The first-order valence-electron chi connectivity index (χ1n) is 6.48. The first-order chi connectivity index (χ1) is 9.65. The molecule has 2 nitrogen and oxygen atoms in total. The first kappa shape index (κ1) is 14.5. The molecule has 0 atom stereocenters. The molecule has 0 bridgehead atoms. The summed E-state index contributed by atoms with van der Waals surface area (Å²) < 4.78 is 32.3. The van der Waals surface area contributed by atoms with Crippen molar-refractivity contribution in [3.05, 3.63) is 53.6 Å². The molecular formula is C16H17F2NO. The van der Waals surface area contributed by atoms with E-state index < -0.39 is 5.82 Å². The van der Waals surface area contributed by atoms with Crippen molar-refractivity contribution in [2.24, 2.45) is 0 Å². The predicted molar refractivity (Wildman–Crippen MR) is 75.7 cm³/mol. The molecule has 0 saturated carbocycles. The molecular weight excluding hydrogens is 260 g/mol. The second-order valence-electron chi connectivity index (χ2n) is 4.44. The molecule has 0 aliphatic carbocycles. The van der Waals surface area contributed by atoms with Gasteiger partial charge in [-0.25, -0.2) is 8.78 Å². The Morgan fingerprint density at radius 2 is 1.70 bits per heavy atom. The highest BCUT2D eigenvalue weighted by Gasteiger charge is 2.08. The van der Waals surface area contributed by atoms with E-state index in [1.165, 1.54) is 19.2 Å². The quantitative estimate of drug-likeness (QED) is 0.898. The van der Waals surface area contributed by atoms with E-state index in [9.17, 15) is 8.78 Å². The molecule has 0 radical (unpaired) electrons. The molecule has 0 aliphatic rings. The standard InChI is InChI=1S/C16H17F2NO/c1-3-19-10-13-8-11(4-6-14(13)17)12-5-7-16(20-2)15(18)9-12/h4-9,19H,3,10H2,1-2H3. The fourth-order valence-corrected chi connectivity index (χ4v) is 2.00. The van der Waals surface area contributed by atoms with E-state index in [-0.39, 0.29) is 11.6 Å². The first-order valence-corrected chi connectivity index (χ1v) is 6.48. The lowest BCUT2D eigenvalue weighted by atomic mass is 10.0. The minimum absolute atomic E-state index is 0.198. The van der Waals surface area contributed by atoms with Crippen LogP contribution in [-0.2, 0) is 6.54 Å². The molecule has 0 fully saturated rings. The van der Waals surface area contributed by atoms with Gasteiger partial charge >= 0.3 is 0 Å². The van der Waals surface area contributed by atoms with Crippen molar-refractivity contribution in [2.75, 3.05) is 13.7 Å². The third-order valence-electron chi connectivity index (χ3n) is 3.10. The summed E-state index contributed by atoms with van der Waals surface area (Å²) in [4.78, 5) is 0. The summed E-state index contributed by atoms with van der Waals surface area (Å²) in [6.45, 7) is 3.18. The zero-order chi connectivity index (χ0) is 14.5. The normalized spacial score (nSPS) is 10.6. The summed E-state index contributed by atoms with van der Waals surface area (Å²) in [6.07, 6.45) is 0. The van der Waals surface area contributed by atoms with Gasteiger partial charge in [-0.05, 0) is 41.9 Å². The smallest absolute Gasteiger partial charge is 0.165 e. The molecule has 0 aliphatic heterocycles. The Labute approximate surface area is 117 Å². The number of hydrogen-bond donors (Lipinski definition) is 1. The van der Waals surface area contributed by atoms with Crippen LogP contribution in [0, 0.1) is 11.6 Å². The molecule has 2 aromatic rings. The van der Waals surface area contributed by atoms with Crippen LogP contribution in [0.2, 0.25) is 0 Å². The third-order valence-corrected chi connectivity index (χ3v) is 3.10. The maximum atomic E-state index is 13.7. The minimum Gasteiger partial charge on any atom is -0.494 e. The van der Waals surface area contributed by atoms with Gasteiger partial charge in [0.15, 0.2) is 11.6 Å². The third kappa shape index (κ3) is 3.14. The monoisotopic (exact) mass is 277 g/mol. The summed E-state index contributed by atoms with van der Waals surface area (Å²) in [6, 6.07) is 9.50. The van der Waals surface area contributed by atoms with Crippen LogP contribution in [0.1, 0.15) is 12.5 Å². The largest absolute Gasteiger partial charge is 0.494 e. The Balaban J connectivity index is 2.35. The van der Waals surface area contributed by atoms with Gasteiger partial charge in [-0.1, -0.05) is 19.1 Å². The fourth-order valence-electron chi connectivity index (χ4n) is 2.00. The van der Waals surface area contributed by atoms with E-state index in [0.717, 1.165) is 12.1 Å². The van der Waals surface area contributed by atoms with E-state index >= 15 is 0 Å². The highest BCUT2D eigenvalue weighted by molar-refractivity contribution is 5.65. The minimum atomic E-state index is -0.428. The zero-order valence-corrected chi connectivity index (χ0v) is 11.5. The molecule has 0 aromatic heterocycles. The van der Waals surface area contributed by atoms with E-state index in [0.29, 0.717) is 17.7 Å². The number of ether oxygens (including phenoxy) is 1. The maximum absolute atomic E-state index is 13.7. The summed E-state index contributed by atoms with van der Waals surface area (Å²) >= 11 is 0. The average Bonchev–Trinajstić information content (AvgIpc) is 2.46. The number of methoxy groups -OCH3 is 1. The summed E-state index contributed by atoms with van der Waals surface area (Å²) in [5.74, 6) is -0.491. The number of hydrogen-bond acceptors (Lipinski definition) is 2. The Bertz CT molecular complexity index is 599. The van der Waals surface area contributed by atoms with Gasteiger partial charge in [0, 0.05) is 12.1 Å². The SMILES string of the molecule is CCNCc1cc(-c2ccc(OC)c(F)c2)ccc1F. The maximum Gasteiger partial charge on any atom is 0.165 e. The molecule has 0 spiro atoms. The Hall–Kier alpha value is -1.94. The van der Waals surface area contributed by atoms with Crippen molar-refractivity contribution in [2.45, 2.75) is 13.5 Å². The molecule has 1 N–H and O–H groups in total. The lowest BCUT2D eigenvalue weighted by Crippen LogP contribution is -2.12. The van der Waals surface area contributed by atoms with Crippen LogP contribution < -0.4 is 10.1 Å². The average molecular weight is 277 g/mol. The van der Waals surface area contributed by atoms with Crippen molar-refractivity contribution in [3.63, 3.8) is 0 Å². The molecule has 106 valence electrons. The number of halogens is 2. The molecule has 2 rings (SSSR count). The topological polar surface area (TPSA) is 21.3 Å². The fraction of sp³-hybridized carbons (Fsp3) is 0.250. The lowest BCUT2D eigenvalue weighted by Gasteiger charge is -2.09. The number of benzene rings is 2. The van der Waals surface area contributed by atoms with E-state index in [2.05, 4.69) is 5.32 Å². The van der Waals surface area contributed by atoms with Crippen LogP contribution in [0.4, 0.5) is 8.78 Å². The van der Waals surface area contributed by atoms with Crippen molar-refractivity contribution in [3.8, 4) is 16.9 Å². The van der Waals surface area contributed by atoms with Crippen molar-refractivity contribution < 1.29 is 13.5 Å². The van der Waals surface area contributed by atoms with E-state index in [4.69, 9.17) is 4.74 Å². The van der Waals surface area contributed by atoms with Gasteiger partial charge in [0.05, 0.1) is 7.11 Å². The summed E-state index contributed by atoms with van der Waals surface area (Å²) in [7, 11) is 1.42. The van der Waals surface area contributed by atoms with Crippen LogP contribution in [0.5, 0.6) is 5.75 Å². The van der Waals surface area contributed by atoms with Crippen LogP contribution in [0.25, 0.3) is 11.1 Å².